The number of nitrogens with zero attached hydrogens (tertiary/aromatic N) is 2. The number of aliphatic hydroxyl groups excluding tert-OH is 2. The van der Waals surface area contributed by atoms with Crippen molar-refractivity contribution >= 4 is 39.0 Å². The molecule has 0 unspecified atom stereocenters. The van der Waals surface area contributed by atoms with Crippen LogP contribution in [-0.2, 0) is 33.8 Å². The van der Waals surface area contributed by atoms with Gasteiger partial charge in [-0.3, -0.25) is 13.9 Å². The van der Waals surface area contributed by atoms with Crippen LogP contribution in [0.2, 0.25) is 0 Å². The van der Waals surface area contributed by atoms with E-state index in [2.05, 4.69) is 10.3 Å². The summed E-state index contributed by atoms with van der Waals surface area (Å²) in [4.78, 5) is 44.2. The molecule has 1 fully saturated rings. The molecule has 1 aliphatic heterocycles. The second-order valence-electron chi connectivity index (χ2n) is 6.80. The fourth-order valence-corrected chi connectivity index (χ4v) is 8.44. The van der Waals surface area contributed by atoms with Crippen molar-refractivity contribution in [1.29, 1.82) is 0 Å². The number of nitrogens with one attached hydrogen (secondary N) is 1. The molecule has 2 rings (SSSR count). The Balaban J connectivity index is 2.18. The summed E-state index contributed by atoms with van der Waals surface area (Å²) in [5.41, 5.74) is -2.63. The van der Waals surface area contributed by atoms with Crippen LogP contribution < -0.4 is 11.0 Å². The molecular formula is C14H20N3O12PS2. The van der Waals surface area contributed by atoms with Crippen LogP contribution >= 0.6 is 7.60 Å². The minimum absolute atomic E-state index is 0.0779. The van der Waals surface area contributed by atoms with E-state index in [-0.39, 0.29) is 5.82 Å². The number of hydrogen-bond donors (Lipinski definition) is 5. The van der Waals surface area contributed by atoms with Gasteiger partial charge in [0.1, 0.15) is 24.1 Å². The highest BCUT2D eigenvalue weighted by atomic mass is 32.3. The third kappa shape index (κ3) is 7.28. The Morgan fingerprint density at radius 2 is 1.91 bits per heavy atom. The molecule has 0 radical (unpaired) electrons. The molecule has 0 spiro atoms. The van der Waals surface area contributed by atoms with Gasteiger partial charge in [0.2, 0.25) is 5.91 Å². The lowest BCUT2D eigenvalue weighted by Gasteiger charge is -2.17. The maximum Gasteiger partial charge on any atom is 0.351 e. The standard InChI is InChI=1S/C14H20N3O12PS2/c1-8(18)15-10-2-4-17(14(21)16-10)13-12(20)11(19)9(29-13)3-5-31(25,26)7-32(27,28)6-30(22,23)24/h2-5,9,11-13,19-20H,6-7H2,1H3,(H2,22,23,24)(H,15,16,18,21)/b5-3+/t9-,11-,12-,13-/m1/s1. The average Bonchev–Trinajstić information content (AvgIpc) is 2.85. The fraction of sp³-hybridized carbons (Fsp3) is 0.500. The third-order valence-electron chi connectivity index (χ3n) is 3.87. The lowest BCUT2D eigenvalue weighted by atomic mass is 10.1. The van der Waals surface area contributed by atoms with Gasteiger partial charge < -0.3 is 30.1 Å². The van der Waals surface area contributed by atoms with Gasteiger partial charge in [-0.1, -0.05) is 0 Å². The highest BCUT2D eigenvalue weighted by Crippen LogP contribution is 2.36. The number of aromatic nitrogens is 2. The maximum atomic E-state index is 12.1. The van der Waals surface area contributed by atoms with Crippen LogP contribution in [0.5, 0.6) is 0 Å². The van der Waals surface area contributed by atoms with Crippen LogP contribution in [0.3, 0.4) is 0 Å². The van der Waals surface area contributed by atoms with Crippen molar-refractivity contribution in [2.45, 2.75) is 31.5 Å². The van der Waals surface area contributed by atoms with E-state index < -0.39 is 74.0 Å². The number of hydrogen-bond acceptors (Lipinski definition) is 11. The molecule has 1 saturated heterocycles. The smallest absolute Gasteiger partial charge is 0.351 e. The zero-order valence-electron chi connectivity index (χ0n) is 16.2. The van der Waals surface area contributed by atoms with Gasteiger partial charge in [-0.25, -0.2) is 21.6 Å². The quantitative estimate of drug-likeness (QED) is 0.220. The highest BCUT2D eigenvalue weighted by molar-refractivity contribution is 8.11. The number of ether oxygens (including phenoxy) is 1. The first kappa shape index (κ1) is 26.3. The van der Waals surface area contributed by atoms with E-state index in [9.17, 15) is 41.2 Å². The minimum atomic E-state index is -5.03. The second kappa shape index (κ2) is 9.48. The predicted octanol–water partition coefficient (Wildman–Crippen LogP) is -2.74. The Morgan fingerprint density at radius 1 is 1.28 bits per heavy atom. The molecule has 2 heterocycles. The number of amides is 1. The topological polar surface area (TPSA) is 239 Å². The normalized spacial score (nSPS) is 24.7. The number of carbonyl (C=O) groups excluding carboxylic acids is 1. The molecule has 0 aromatic carbocycles. The molecule has 18 heteroatoms. The van der Waals surface area contributed by atoms with Gasteiger partial charge in [-0.05, 0) is 12.1 Å². The molecule has 1 amide bonds. The molecule has 1 aromatic heterocycles. The molecule has 5 N–H and O–H groups in total. The van der Waals surface area contributed by atoms with Crippen molar-refractivity contribution < 1.29 is 50.9 Å². The van der Waals surface area contributed by atoms with Crippen LogP contribution in [0.4, 0.5) is 5.82 Å². The molecule has 4 atom stereocenters. The molecule has 180 valence electrons. The van der Waals surface area contributed by atoms with Gasteiger partial charge in [0.25, 0.3) is 0 Å². The molecule has 1 aromatic rings. The molecule has 1 aliphatic rings. The second-order valence-corrected chi connectivity index (χ2v) is 13.2. The van der Waals surface area contributed by atoms with Gasteiger partial charge in [0, 0.05) is 18.5 Å². The molecule has 15 nitrogen and oxygen atoms in total. The van der Waals surface area contributed by atoms with Crippen molar-refractivity contribution in [3.63, 3.8) is 0 Å². The van der Waals surface area contributed by atoms with Crippen LogP contribution in [0.15, 0.2) is 28.5 Å². The van der Waals surface area contributed by atoms with E-state index in [0.717, 1.165) is 16.8 Å². The van der Waals surface area contributed by atoms with E-state index in [4.69, 9.17) is 14.5 Å². The van der Waals surface area contributed by atoms with Crippen molar-refractivity contribution in [2.24, 2.45) is 0 Å². The van der Waals surface area contributed by atoms with Gasteiger partial charge in [0.15, 0.2) is 36.5 Å². The zero-order valence-corrected chi connectivity index (χ0v) is 18.8. The van der Waals surface area contributed by atoms with Crippen molar-refractivity contribution in [1.82, 2.24) is 9.55 Å². The Hall–Kier alpha value is -1.98. The predicted molar refractivity (Wildman–Crippen MR) is 107 cm³/mol. The monoisotopic (exact) mass is 517 g/mol. The van der Waals surface area contributed by atoms with E-state index in [1.54, 1.807) is 0 Å². The lowest BCUT2D eigenvalue weighted by Crippen LogP contribution is -2.35. The van der Waals surface area contributed by atoms with Crippen LogP contribution in [0.1, 0.15) is 13.2 Å². The van der Waals surface area contributed by atoms with Crippen LogP contribution in [0.25, 0.3) is 0 Å². The number of rotatable bonds is 8. The van der Waals surface area contributed by atoms with Crippen LogP contribution in [-0.4, -0.2) is 81.2 Å². The maximum absolute atomic E-state index is 12.1. The van der Waals surface area contributed by atoms with Crippen LogP contribution in [0, 0.1) is 0 Å². The molecular weight excluding hydrogens is 497 g/mol. The fourth-order valence-electron chi connectivity index (χ4n) is 2.71. The summed E-state index contributed by atoms with van der Waals surface area (Å²) in [5.74, 6) is -0.567. The van der Waals surface area contributed by atoms with Gasteiger partial charge in [-0.2, -0.15) is 4.98 Å². The first-order valence-electron chi connectivity index (χ1n) is 8.54. The van der Waals surface area contributed by atoms with E-state index in [0.29, 0.717) is 5.41 Å². The lowest BCUT2D eigenvalue weighted by molar-refractivity contribution is -0.114. The summed E-state index contributed by atoms with van der Waals surface area (Å²) in [5, 5.41) is 21.3. The number of anilines is 1. The third-order valence-corrected chi connectivity index (χ3v) is 10.1. The highest BCUT2D eigenvalue weighted by Gasteiger charge is 2.43. The Morgan fingerprint density at radius 3 is 2.44 bits per heavy atom. The van der Waals surface area contributed by atoms with Gasteiger partial charge >= 0.3 is 13.3 Å². The number of aliphatic hydroxyl groups is 2. The first-order valence-corrected chi connectivity index (χ1v) is 13.9. The largest absolute Gasteiger partial charge is 0.387 e. The van der Waals surface area contributed by atoms with Gasteiger partial charge in [0.05, 0.1) is 0 Å². The average molecular weight is 517 g/mol. The summed E-state index contributed by atoms with van der Waals surface area (Å²) in [6.07, 6.45) is -4.58. The molecule has 0 aliphatic carbocycles. The van der Waals surface area contributed by atoms with E-state index >= 15 is 0 Å². The summed E-state index contributed by atoms with van der Waals surface area (Å²) < 4.78 is 64.2. The van der Waals surface area contributed by atoms with Crippen molar-refractivity contribution in [3.05, 3.63) is 34.2 Å². The summed E-state index contributed by atoms with van der Waals surface area (Å²) in [6, 6.07) is 1.21. The minimum Gasteiger partial charge on any atom is -0.387 e. The zero-order chi connectivity index (χ0) is 24.5. The molecule has 32 heavy (non-hydrogen) atoms. The SMILES string of the molecule is CC(=O)Nc1ccn([C@@H]2O[C@H](/C=C/S(=O)(=O)CS(=O)(=O)CP(=O)(O)O)[C@@H](O)[C@H]2O)c(=O)n1. The van der Waals surface area contributed by atoms with Gasteiger partial charge in [-0.15, -0.1) is 0 Å². The summed E-state index contributed by atoms with van der Waals surface area (Å²) in [6.45, 7) is 1.19. The van der Waals surface area contributed by atoms with Crippen molar-refractivity contribution in [2.75, 3.05) is 15.9 Å². The Bertz CT molecular complexity index is 1220. The summed E-state index contributed by atoms with van der Waals surface area (Å²) in [7, 11) is -14.3. The van der Waals surface area contributed by atoms with Crippen molar-refractivity contribution in [3.8, 4) is 0 Å². The first-order chi connectivity index (χ1) is 14.5. The summed E-state index contributed by atoms with van der Waals surface area (Å²) >= 11 is 0. The molecule has 0 bridgehead atoms. The Kier molecular flexibility index (Phi) is 7.79. The number of sulfone groups is 2. The molecule has 0 saturated carbocycles. The van der Waals surface area contributed by atoms with E-state index in [1.807, 2.05) is 0 Å². The number of carbonyl (C=O) groups is 1. The van der Waals surface area contributed by atoms with E-state index in [1.165, 1.54) is 13.0 Å². The Labute approximate surface area is 181 Å².